The fourth-order valence-corrected chi connectivity index (χ4v) is 9.61. The third kappa shape index (κ3) is 3.06. The molecule has 3 atom stereocenters. The SMILES string of the molecule is O=S(=O)(c1ccccc1)C1(N2C3CCC2CC(O)C3)N=Nc2sc(Br)c(-c3ccccc3)c21. The first kappa shape index (κ1) is 21.6. The maximum absolute atomic E-state index is 14.5. The van der Waals surface area contributed by atoms with E-state index in [-0.39, 0.29) is 17.0 Å². The Morgan fingerprint density at radius 1 is 1.00 bits per heavy atom. The van der Waals surface area contributed by atoms with Crippen LogP contribution in [-0.4, -0.2) is 36.6 Å². The highest BCUT2D eigenvalue weighted by atomic mass is 79.9. The summed E-state index contributed by atoms with van der Waals surface area (Å²) in [5, 5.41) is 20.2. The molecule has 0 amide bonds. The molecule has 3 unspecified atom stereocenters. The van der Waals surface area contributed by atoms with E-state index in [9.17, 15) is 13.5 Å². The van der Waals surface area contributed by atoms with Gasteiger partial charge in [-0.3, -0.25) is 4.90 Å². The highest BCUT2D eigenvalue weighted by molar-refractivity contribution is 9.11. The molecular weight excluding hydrogens is 522 g/mol. The van der Waals surface area contributed by atoms with Crippen molar-refractivity contribution in [2.45, 2.75) is 53.8 Å². The van der Waals surface area contributed by atoms with E-state index in [1.807, 2.05) is 36.4 Å². The van der Waals surface area contributed by atoms with Gasteiger partial charge in [-0.05, 0) is 59.3 Å². The number of aliphatic hydroxyl groups is 1. The van der Waals surface area contributed by atoms with E-state index in [0.29, 0.717) is 23.4 Å². The van der Waals surface area contributed by atoms with Crippen LogP contribution in [0.25, 0.3) is 11.1 Å². The van der Waals surface area contributed by atoms with Crippen LogP contribution in [-0.2, 0) is 14.8 Å². The number of azo groups is 1. The molecule has 0 saturated carbocycles. The van der Waals surface area contributed by atoms with Crippen LogP contribution in [0.1, 0.15) is 31.2 Å². The zero-order chi connectivity index (χ0) is 22.8. The lowest BCUT2D eigenvalue weighted by Gasteiger charge is -2.46. The minimum atomic E-state index is -4.00. The molecule has 2 saturated heterocycles. The first-order valence-corrected chi connectivity index (χ1v) is 14.1. The van der Waals surface area contributed by atoms with Crippen LogP contribution in [0, 0.1) is 0 Å². The minimum absolute atomic E-state index is 0.0792. The predicted molar refractivity (Wildman–Crippen MR) is 131 cm³/mol. The van der Waals surface area contributed by atoms with Crippen molar-refractivity contribution in [3.05, 3.63) is 70.0 Å². The van der Waals surface area contributed by atoms with E-state index in [1.54, 1.807) is 24.3 Å². The molecular formula is C24H22BrN3O3S2. The topological polar surface area (TPSA) is 82.3 Å². The number of benzene rings is 2. The van der Waals surface area contributed by atoms with E-state index in [1.165, 1.54) is 11.3 Å². The number of sulfone groups is 1. The first-order valence-electron chi connectivity index (χ1n) is 11.0. The third-order valence-electron chi connectivity index (χ3n) is 7.00. The Morgan fingerprint density at radius 3 is 2.24 bits per heavy atom. The molecule has 4 heterocycles. The first-order chi connectivity index (χ1) is 15.9. The molecule has 0 radical (unpaired) electrons. The highest BCUT2D eigenvalue weighted by Crippen LogP contribution is 2.61. The lowest BCUT2D eigenvalue weighted by Crippen LogP contribution is -2.58. The smallest absolute Gasteiger partial charge is 0.270 e. The molecule has 9 heteroatoms. The fraction of sp³-hybridized carbons (Fsp3) is 0.333. The van der Waals surface area contributed by atoms with Crippen molar-refractivity contribution in [1.82, 2.24) is 4.90 Å². The van der Waals surface area contributed by atoms with Crippen LogP contribution in [0.4, 0.5) is 5.00 Å². The van der Waals surface area contributed by atoms with E-state index in [4.69, 9.17) is 0 Å². The number of aliphatic hydroxyl groups excluding tert-OH is 1. The Hall–Kier alpha value is -1.91. The summed E-state index contributed by atoms with van der Waals surface area (Å²) in [6.45, 7) is 0. The molecule has 0 aliphatic carbocycles. The fourth-order valence-electron chi connectivity index (χ4n) is 5.71. The molecule has 6 rings (SSSR count). The number of piperidine rings is 1. The van der Waals surface area contributed by atoms with Crippen LogP contribution >= 0.6 is 27.3 Å². The Morgan fingerprint density at radius 2 is 1.61 bits per heavy atom. The van der Waals surface area contributed by atoms with Gasteiger partial charge in [0.1, 0.15) is 5.00 Å². The van der Waals surface area contributed by atoms with Crippen molar-refractivity contribution >= 4 is 42.1 Å². The Balaban J connectivity index is 1.66. The Labute approximate surface area is 205 Å². The van der Waals surface area contributed by atoms with Gasteiger partial charge in [-0.2, -0.15) is 0 Å². The van der Waals surface area contributed by atoms with E-state index < -0.39 is 20.9 Å². The van der Waals surface area contributed by atoms with Gasteiger partial charge in [-0.15, -0.1) is 21.6 Å². The number of halogens is 1. The zero-order valence-corrected chi connectivity index (χ0v) is 20.9. The molecule has 2 aromatic carbocycles. The second-order valence-electron chi connectivity index (χ2n) is 8.84. The third-order valence-corrected chi connectivity index (χ3v) is 10.9. The van der Waals surface area contributed by atoms with Gasteiger partial charge >= 0.3 is 0 Å². The van der Waals surface area contributed by atoms with Crippen molar-refractivity contribution in [3.8, 4) is 11.1 Å². The summed E-state index contributed by atoms with van der Waals surface area (Å²) in [5.41, 5.74) is 2.37. The van der Waals surface area contributed by atoms with Crippen LogP contribution in [0.2, 0.25) is 0 Å². The quantitative estimate of drug-likeness (QED) is 0.447. The molecule has 3 aromatic rings. The van der Waals surface area contributed by atoms with Gasteiger partial charge in [0.05, 0.1) is 20.3 Å². The summed E-state index contributed by atoms with van der Waals surface area (Å²) in [4.78, 5) is 0.621. The Kier molecular flexibility index (Phi) is 5.12. The molecule has 0 spiro atoms. The average Bonchev–Trinajstić information content (AvgIpc) is 3.43. The van der Waals surface area contributed by atoms with E-state index in [0.717, 1.165) is 27.8 Å². The molecule has 2 bridgehead atoms. The molecule has 1 N–H and O–H groups in total. The van der Waals surface area contributed by atoms with Crippen molar-refractivity contribution in [2.75, 3.05) is 0 Å². The standard InChI is InChI=1S/C24H22BrN3O3S2/c25-22-20(15-7-3-1-4-8-15)21-23(32-22)26-27-24(21,33(30,31)19-9-5-2-6-10-19)28-16-11-12-17(28)14-18(29)13-16/h1-10,16-18,29H,11-14H2. The number of hydrogen-bond acceptors (Lipinski definition) is 7. The van der Waals surface area contributed by atoms with Gasteiger partial charge < -0.3 is 5.11 Å². The normalized spacial score (nSPS) is 28.8. The van der Waals surface area contributed by atoms with Gasteiger partial charge in [0, 0.05) is 17.6 Å². The van der Waals surface area contributed by atoms with Crippen LogP contribution in [0.15, 0.2) is 79.6 Å². The van der Waals surface area contributed by atoms with E-state index in [2.05, 4.69) is 31.1 Å². The molecule has 6 nitrogen and oxygen atoms in total. The summed E-state index contributed by atoms with van der Waals surface area (Å²) in [6.07, 6.45) is 2.34. The minimum Gasteiger partial charge on any atom is -0.393 e. The van der Waals surface area contributed by atoms with Crippen molar-refractivity contribution < 1.29 is 13.5 Å². The highest BCUT2D eigenvalue weighted by Gasteiger charge is 2.63. The second kappa shape index (κ2) is 7.81. The average molecular weight is 544 g/mol. The van der Waals surface area contributed by atoms with Gasteiger partial charge in [0.15, 0.2) is 0 Å². The number of thiophene rings is 1. The van der Waals surface area contributed by atoms with Crippen LogP contribution in [0.5, 0.6) is 0 Å². The molecule has 3 aliphatic rings. The second-order valence-corrected chi connectivity index (χ2v) is 13.2. The van der Waals surface area contributed by atoms with Crippen LogP contribution in [0.3, 0.4) is 0 Å². The predicted octanol–water partition coefficient (Wildman–Crippen LogP) is 5.85. The monoisotopic (exact) mass is 543 g/mol. The lowest BCUT2D eigenvalue weighted by atomic mass is 9.95. The molecule has 33 heavy (non-hydrogen) atoms. The summed E-state index contributed by atoms with van der Waals surface area (Å²) in [7, 11) is -4.00. The maximum atomic E-state index is 14.5. The van der Waals surface area contributed by atoms with Gasteiger partial charge in [0.25, 0.3) is 4.99 Å². The number of rotatable bonds is 4. The number of hydrogen-bond donors (Lipinski definition) is 1. The Bertz CT molecular complexity index is 1330. The summed E-state index contributed by atoms with van der Waals surface area (Å²) in [5.74, 6) is 0. The molecule has 1 aromatic heterocycles. The maximum Gasteiger partial charge on any atom is 0.270 e. The molecule has 170 valence electrons. The van der Waals surface area contributed by atoms with E-state index >= 15 is 0 Å². The van der Waals surface area contributed by atoms with Gasteiger partial charge in [0.2, 0.25) is 9.84 Å². The largest absolute Gasteiger partial charge is 0.393 e. The summed E-state index contributed by atoms with van der Waals surface area (Å²) < 4.78 is 29.9. The zero-order valence-electron chi connectivity index (χ0n) is 17.6. The summed E-state index contributed by atoms with van der Waals surface area (Å²) in [6, 6.07) is 18.2. The lowest BCUT2D eigenvalue weighted by molar-refractivity contribution is -0.00323. The van der Waals surface area contributed by atoms with Gasteiger partial charge in [-0.1, -0.05) is 48.5 Å². The molecule has 2 fully saturated rings. The van der Waals surface area contributed by atoms with Crippen LogP contribution < -0.4 is 0 Å². The summed E-state index contributed by atoms with van der Waals surface area (Å²) >= 11 is 5.11. The van der Waals surface area contributed by atoms with Crippen molar-refractivity contribution in [3.63, 3.8) is 0 Å². The molecule has 3 aliphatic heterocycles. The van der Waals surface area contributed by atoms with Gasteiger partial charge in [-0.25, -0.2) is 8.42 Å². The number of fused-ring (bicyclic) bond motifs is 3. The number of nitrogens with zero attached hydrogens (tertiary/aromatic N) is 3. The van der Waals surface area contributed by atoms with Crippen molar-refractivity contribution in [1.29, 1.82) is 0 Å². The van der Waals surface area contributed by atoms with Crippen molar-refractivity contribution in [2.24, 2.45) is 10.2 Å².